The summed E-state index contributed by atoms with van der Waals surface area (Å²) in [4.78, 5) is 19.1. The number of hydrogen-bond acceptors (Lipinski definition) is 5. The van der Waals surface area contributed by atoms with Gasteiger partial charge in [-0.1, -0.05) is 12.1 Å². The molecule has 2 aromatic rings. The van der Waals surface area contributed by atoms with Crippen LogP contribution in [0.3, 0.4) is 0 Å². The van der Waals surface area contributed by atoms with Gasteiger partial charge in [0.15, 0.2) is 0 Å². The summed E-state index contributed by atoms with van der Waals surface area (Å²) in [6.45, 7) is 4.54. The first-order valence-corrected chi connectivity index (χ1v) is 9.24. The zero-order valence-electron chi connectivity index (χ0n) is 14.8. The third-order valence-corrected chi connectivity index (χ3v) is 4.91. The fraction of sp³-hybridized carbons (Fsp3) is 0.400. The van der Waals surface area contributed by atoms with E-state index in [1.54, 1.807) is 6.20 Å². The van der Waals surface area contributed by atoms with Gasteiger partial charge in [0.2, 0.25) is 0 Å². The summed E-state index contributed by atoms with van der Waals surface area (Å²) in [5.41, 5.74) is 2.45. The Morgan fingerprint density at radius 2 is 1.96 bits per heavy atom. The van der Waals surface area contributed by atoms with Gasteiger partial charge >= 0.3 is 0 Å². The van der Waals surface area contributed by atoms with Gasteiger partial charge in [-0.25, -0.2) is 4.98 Å². The molecule has 2 aliphatic heterocycles. The quantitative estimate of drug-likeness (QED) is 0.885. The van der Waals surface area contributed by atoms with Crippen molar-refractivity contribution in [1.82, 2.24) is 10.3 Å². The van der Waals surface area contributed by atoms with Crippen LogP contribution in [0, 0.1) is 0 Å². The standard InChI is InChI=1S/C20H24N4O2/c25-20(16-5-8-19(22-13-16)24-10-1-2-11-24)23-17-6-3-15(4-7-17)18-14-21-9-12-26-18/h3-8,13,18,21H,1-2,9-12,14H2,(H,23,25). The summed E-state index contributed by atoms with van der Waals surface area (Å²) in [7, 11) is 0. The van der Waals surface area contributed by atoms with E-state index in [0.717, 1.165) is 49.9 Å². The molecule has 0 spiro atoms. The van der Waals surface area contributed by atoms with Crippen LogP contribution in [0.4, 0.5) is 11.5 Å². The van der Waals surface area contributed by atoms with Crippen LogP contribution >= 0.6 is 0 Å². The number of aromatic nitrogens is 1. The number of ether oxygens (including phenoxy) is 1. The van der Waals surface area contributed by atoms with Crippen molar-refractivity contribution < 1.29 is 9.53 Å². The minimum Gasteiger partial charge on any atom is -0.371 e. The van der Waals surface area contributed by atoms with Crippen molar-refractivity contribution in [2.24, 2.45) is 0 Å². The van der Waals surface area contributed by atoms with E-state index in [0.29, 0.717) is 5.56 Å². The Hall–Kier alpha value is -2.44. The van der Waals surface area contributed by atoms with Crippen LogP contribution in [0.2, 0.25) is 0 Å². The Balaban J connectivity index is 1.37. The minimum absolute atomic E-state index is 0.0795. The number of nitrogens with zero attached hydrogens (tertiary/aromatic N) is 2. The molecule has 6 nitrogen and oxygen atoms in total. The molecule has 6 heteroatoms. The molecular weight excluding hydrogens is 328 g/mol. The summed E-state index contributed by atoms with van der Waals surface area (Å²) >= 11 is 0. The fourth-order valence-corrected chi connectivity index (χ4v) is 3.42. The molecule has 2 fully saturated rings. The van der Waals surface area contributed by atoms with Gasteiger partial charge in [0, 0.05) is 38.1 Å². The predicted molar refractivity (Wildman–Crippen MR) is 102 cm³/mol. The van der Waals surface area contributed by atoms with Gasteiger partial charge in [-0.05, 0) is 42.7 Å². The number of carbonyl (C=O) groups excluding carboxylic acids is 1. The highest BCUT2D eigenvalue weighted by molar-refractivity contribution is 6.04. The maximum Gasteiger partial charge on any atom is 0.257 e. The van der Waals surface area contributed by atoms with E-state index in [1.807, 2.05) is 36.4 Å². The maximum absolute atomic E-state index is 12.4. The van der Waals surface area contributed by atoms with Crippen LogP contribution in [-0.4, -0.2) is 43.7 Å². The van der Waals surface area contributed by atoms with E-state index in [4.69, 9.17) is 4.74 Å². The number of morpholine rings is 1. The molecule has 1 unspecified atom stereocenters. The average Bonchev–Trinajstić information content (AvgIpc) is 3.24. The minimum atomic E-state index is -0.145. The van der Waals surface area contributed by atoms with Crippen molar-refractivity contribution in [2.75, 3.05) is 43.0 Å². The molecule has 3 heterocycles. The van der Waals surface area contributed by atoms with Crippen molar-refractivity contribution in [3.05, 3.63) is 53.7 Å². The van der Waals surface area contributed by atoms with E-state index in [2.05, 4.69) is 20.5 Å². The fourth-order valence-electron chi connectivity index (χ4n) is 3.42. The molecule has 0 aliphatic carbocycles. The lowest BCUT2D eigenvalue weighted by atomic mass is 10.1. The van der Waals surface area contributed by atoms with Gasteiger partial charge in [-0.15, -0.1) is 0 Å². The molecule has 1 amide bonds. The first kappa shape index (κ1) is 17.0. The van der Waals surface area contributed by atoms with Crippen LogP contribution in [0.25, 0.3) is 0 Å². The maximum atomic E-state index is 12.4. The number of nitrogens with one attached hydrogen (secondary N) is 2. The summed E-state index contributed by atoms with van der Waals surface area (Å²) in [5, 5.41) is 6.25. The summed E-state index contributed by atoms with van der Waals surface area (Å²) in [6, 6.07) is 11.6. The Bertz CT molecular complexity index is 733. The van der Waals surface area contributed by atoms with Crippen molar-refractivity contribution in [3.8, 4) is 0 Å². The number of rotatable bonds is 4. The molecule has 2 aliphatic rings. The zero-order valence-corrected chi connectivity index (χ0v) is 14.8. The molecule has 0 saturated carbocycles. The Labute approximate surface area is 153 Å². The molecule has 2 N–H and O–H groups in total. The van der Waals surface area contributed by atoms with Crippen molar-refractivity contribution in [1.29, 1.82) is 0 Å². The zero-order chi connectivity index (χ0) is 17.8. The number of anilines is 2. The lowest BCUT2D eigenvalue weighted by Crippen LogP contribution is -2.33. The van der Waals surface area contributed by atoms with E-state index in [9.17, 15) is 4.79 Å². The first-order chi connectivity index (χ1) is 12.8. The van der Waals surface area contributed by atoms with Crippen molar-refractivity contribution >= 4 is 17.4 Å². The van der Waals surface area contributed by atoms with Gasteiger partial charge in [0.1, 0.15) is 5.82 Å². The SMILES string of the molecule is O=C(Nc1ccc(C2CNCCO2)cc1)c1ccc(N2CCCC2)nc1. The number of carbonyl (C=O) groups is 1. The highest BCUT2D eigenvalue weighted by atomic mass is 16.5. The van der Waals surface area contributed by atoms with Gasteiger partial charge in [0.25, 0.3) is 5.91 Å². The van der Waals surface area contributed by atoms with E-state index in [1.165, 1.54) is 12.8 Å². The predicted octanol–water partition coefficient (Wildman–Crippen LogP) is 2.60. The first-order valence-electron chi connectivity index (χ1n) is 9.24. The van der Waals surface area contributed by atoms with E-state index in [-0.39, 0.29) is 12.0 Å². The third kappa shape index (κ3) is 3.86. The summed E-state index contributed by atoms with van der Waals surface area (Å²) in [5.74, 6) is 0.804. The normalized spacial score (nSPS) is 20.2. The Kier molecular flexibility index (Phi) is 5.13. The second-order valence-electron chi connectivity index (χ2n) is 6.74. The molecule has 2 saturated heterocycles. The van der Waals surface area contributed by atoms with Crippen LogP contribution in [0.1, 0.15) is 34.9 Å². The molecular formula is C20H24N4O2. The highest BCUT2D eigenvalue weighted by Gasteiger charge is 2.16. The Morgan fingerprint density at radius 3 is 2.62 bits per heavy atom. The number of benzene rings is 1. The van der Waals surface area contributed by atoms with Gasteiger partial charge in [-0.3, -0.25) is 4.79 Å². The lowest BCUT2D eigenvalue weighted by molar-refractivity contribution is 0.0277. The van der Waals surface area contributed by atoms with Gasteiger partial charge in [0.05, 0.1) is 18.3 Å². The molecule has 1 aromatic carbocycles. The van der Waals surface area contributed by atoms with Crippen LogP contribution in [0.15, 0.2) is 42.6 Å². The largest absolute Gasteiger partial charge is 0.371 e. The van der Waals surface area contributed by atoms with Gasteiger partial charge < -0.3 is 20.3 Å². The molecule has 4 rings (SSSR count). The van der Waals surface area contributed by atoms with Crippen LogP contribution in [0.5, 0.6) is 0 Å². The topological polar surface area (TPSA) is 66.5 Å². The molecule has 26 heavy (non-hydrogen) atoms. The van der Waals surface area contributed by atoms with Crippen LogP contribution < -0.4 is 15.5 Å². The monoisotopic (exact) mass is 352 g/mol. The number of pyridine rings is 1. The number of hydrogen-bond donors (Lipinski definition) is 2. The van der Waals surface area contributed by atoms with E-state index < -0.39 is 0 Å². The second-order valence-corrected chi connectivity index (χ2v) is 6.74. The smallest absolute Gasteiger partial charge is 0.257 e. The van der Waals surface area contributed by atoms with Crippen molar-refractivity contribution in [2.45, 2.75) is 18.9 Å². The average molecular weight is 352 g/mol. The lowest BCUT2D eigenvalue weighted by Gasteiger charge is -2.24. The Morgan fingerprint density at radius 1 is 1.15 bits per heavy atom. The van der Waals surface area contributed by atoms with Crippen LogP contribution in [-0.2, 0) is 4.74 Å². The molecule has 1 aromatic heterocycles. The third-order valence-electron chi connectivity index (χ3n) is 4.91. The number of amides is 1. The molecule has 0 bridgehead atoms. The summed E-state index contributed by atoms with van der Waals surface area (Å²) < 4.78 is 5.75. The van der Waals surface area contributed by atoms with E-state index >= 15 is 0 Å². The van der Waals surface area contributed by atoms with Crippen molar-refractivity contribution in [3.63, 3.8) is 0 Å². The highest BCUT2D eigenvalue weighted by Crippen LogP contribution is 2.21. The van der Waals surface area contributed by atoms with Gasteiger partial charge in [-0.2, -0.15) is 0 Å². The molecule has 136 valence electrons. The summed E-state index contributed by atoms with van der Waals surface area (Å²) in [6.07, 6.45) is 4.15. The molecule has 1 atom stereocenters. The second kappa shape index (κ2) is 7.85. The molecule has 0 radical (unpaired) electrons.